The number of hydrogen-bond acceptors (Lipinski definition) is 3. The zero-order valence-corrected chi connectivity index (χ0v) is 11.3. The van der Waals surface area contributed by atoms with Gasteiger partial charge in [0.15, 0.2) is 0 Å². The first-order valence-electron chi connectivity index (χ1n) is 5.88. The highest BCUT2D eigenvalue weighted by molar-refractivity contribution is 5.85. The lowest BCUT2D eigenvalue weighted by Crippen LogP contribution is -2.48. The van der Waals surface area contributed by atoms with E-state index in [4.69, 9.17) is 5.73 Å². The lowest BCUT2D eigenvalue weighted by molar-refractivity contribution is -0.129. The molecule has 0 saturated carbocycles. The largest absolute Gasteiger partial charge is 0.351 e. The van der Waals surface area contributed by atoms with Gasteiger partial charge in [-0.15, -0.1) is 12.4 Å². The van der Waals surface area contributed by atoms with Gasteiger partial charge in [-0.05, 0) is 19.8 Å². The molecule has 1 rings (SSSR count). The number of nitrogens with zero attached hydrogens (tertiary/aromatic N) is 1. The van der Waals surface area contributed by atoms with Crippen LogP contribution in [0.3, 0.4) is 0 Å². The normalized spacial score (nSPS) is 18.5. The molecule has 0 radical (unpaired) electrons. The zero-order chi connectivity index (χ0) is 12.1. The van der Waals surface area contributed by atoms with E-state index in [0.717, 1.165) is 13.0 Å². The predicted octanol–water partition coefficient (Wildman–Crippen LogP) is 0.273. The number of amides is 2. The molecule has 0 aromatic rings. The Morgan fingerprint density at radius 2 is 2.24 bits per heavy atom. The third kappa shape index (κ3) is 4.91. The van der Waals surface area contributed by atoms with Crippen LogP contribution in [-0.2, 0) is 9.59 Å². The van der Waals surface area contributed by atoms with Gasteiger partial charge in [0.2, 0.25) is 11.8 Å². The minimum absolute atomic E-state index is 0. The van der Waals surface area contributed by atoms with Crippen molar-refractivity contribution in [3.8, 4) is 0 Å². The quantitative estimate of drug-likeness (QED) is 0.748. The van der Waals surface area contributed by atoms with Crippen LogP contribution in [0.2, 0.25) is 0 Å². The van der Waals surface area contributed by atoms with E-state index in [1.807, 2.05) is 13.8 Å². The summed E-state index contributed by atoms with van der Waals surface area (Å²) < 4.78 is 0. The Morgan fingerprint density at radius 1 is 1.59 bits per heavy atom. The lowest BCUT2D eigenvalue weighted by atomic mass is 10.2. The molecule has 0 bridgehead atoms. The Hall–Kier alpha value is -0.810. The standard InChI is InChI=1S/C11H21N3O2.ClH/c1-3-9(12)11(16)13-8(2)7-14-6-4-5-10(14)15;/h8-9H,3-7,12H2,1-2H3,(H,13,16);1H/t8?,9-;/m0./s1. The monoisotopic (exact) mass is 263 g/mol. The molecule has 1 heterocycles. The van der Waals surface area contributed by atoms with E-state index in [9.17, 15) is 9.59 Å². The number of likely N-dealkylation sites (tertiary alicyclic amines) is 1. The molecule has 100 valence electrons. The van der Waals surface area contributed by atoms with Crippen molar-refractivity contribution in [1.29, 1.82) is 0 Å². The fraction of sp³-hybridized carbons (Fsp3) is 0.818. The van der Waals surface area contributed by atoms with E-state index in [-0.39, 0.29) is 30.3 Å². The van der Waals surface area contributed by atoms with Crippen molar-refractivity contribution in [2.75, 3.05) is 13.1 Å². The number of nitrogens with two attached hydrogens (primary N) is 1. The molecule has 0 aromatic carbocycles. The van der Waals surface area contributed by atoms with Crippen LogP contribution in [0.25, 0.3) is 0 Å². The number of rotatable bonds is 5. The smallest absolute Gasteiger partial charge is 0.237 e. The average molecular weight is 264 g/mol. The van der Waals surface area contributed by atoms with Crippen molar-refractivity contribution >= 4 is 24.2 Å². The maximum Gasteiger partial charge on any atom is 0.237 e. The maximum atomic E-state index is 11.5. The van der Waals surface area contributed by atoms with Crippen LogP contribution in [0.5, 0.6) is 0 Å². The summed E-state index contributed by atoms with van der Waals surface area (Å²) in [5.74, 6) is 0.0440. The van der Waals surface area contributed by atoms with Gasteiger partial charge in [-0.3, -0.25) is 9.59 Å². The molecule has 1 aliphatic rings. The van der Waals surface area contributed by atoms with Gasteiger partial charge in [-0.1, -0.05) is 6.92 Å². The van der Waals surface area contributed by atoms with E-state index in [1.54, 1.807) is 4.90 Å². The van der Waals surface area contributed by atoms with Gasteiger partial charge in [0.25, 0.3) is 0 Å². The van der Waals surface area contributed by atoms with Crippen LogP contribution < -0.4 is 11.1 Å². The highest BCUT2D eigenvalue weighted by Gasteiger charge is 2.23. The Kier molecular flexibility index (Phi) is 7.15. The van der Waals surface area contributed by atoms with Gasteiger partial charge in [0.1, 0.15) is 0 Å². The number of carbonyl (C=O) groups excluding carboxylic acids is 2. The predicted molar refractivity (Wildman–Crippen MR) is 68.9 cm³/mol. The average Bonchev–Trinajstić information content (AvgIpc) is 2.63. The molecule has 0 spiro atoms. The second-order valence-corrected chi connectivity index (χ2v) is 4.37. The van der Waals surface area contributed by atoms with Crippen LogP contribution in [0.15, 0.2) is 0 Å². The Labute approximate surface area is 109 Å². The fourth-order valence-electron chi connectivity index (χ4n) is 1.81. The number of halogens is 1. The molecule has 2 atom stereocenters. The van der Waals surface area contributed by atoms with Crippen molar-refractivity contribution in [3.05, 3.63) is 0 Å². The van der Waals surface area contributed by atoms with Crippen LogP contribution >= 0.6 is 12.4 Å². The summed E-state index contributed by atoms with van der Waals surface area (Å²) >= 11 is 0. The van der Waals surface area contributed by atoms with Gasteiger partial charge in [-0.2, -0.15) is 0 Å². The summed E-state index contributed by atoms with van der Waals surface area (Å²) in [6.07, 6.45) is 2.18. The molecule has 1 saturated heterocycles. The van der Waals surface area contributed by atoms with Crippen LogP contribution in [0.4, 0.5) is 0 Å². The first kappa shape index (κ1) is 16.2. The van der Waals surface area contributed by atoms with Crippen LogP contribution in [0.1, 0.15) is 33.1 Å². The number of carbonyl (C=O) groups is 2. The minimum atomic E-state index is -0.447. The Bertz CT molecular complexity index is 273. The SMILES string of the molecule is CC[C@H](N)C(=O)NC(C)CN1CCCC1=O.Cl. The van der Waals surface area contributed by atoms with Crippen molar-refractivity contribution in [3.63, 3.8) is 0 Å². The maximum absolute atomic E-state index is 11.5. The summed E-state index contributed by atoms with van der Waals surface area (Å²) in [5.41, 5.74) is 5.61. The second-order valence-electron chi connectivity index (χ2n) is 4.37. The highest BCUT2D eigenvalue weighted by Crippen LogP contribution is 2.09. The summed E-state index contributed by atoms with van der Waals surface area (Å²) in [4.78, 5) is 24.7. The fourth-order valence-corrected chi connectivity index (χ4v) is 1.81. The van der Waals surface area contributed by atoms with Crippen LogP contribution in [-0.4, -0.2) is 41.9 Å². The topological polar surface area (TPSA) is 75.4 Å². The molecule has 3 N–H and O–H groups in total. The van der Waals surface area contributed by atoms with E-state index in [1.165, 1.54) is 0 Å². The van der Waals surface area contributed by atoms with E-state index in [0.29, 0.717) is 19.4 Å². The molecule has 0 aliphatic carbocycles. The van der Waals surface area contributed by atoms with Crippen molar-refractivity contribution in [2.24, 2.45) is 5.73 Å². The summed E-state index contributed by atoms with van der Waals surface area (Å²) in [6, 6.07) is -0.483. The summed E-state index contributed by atoms with van der Waals surface area (Å²) in [6.45, 7) is 5.16. The minimum Gasteiger partial charge on any atom is -0.351 e. The first-order valence-corrected chi connectivity index (χ1v) is 5.88. The molecular weight excluding hydrogens is 242 g/mol. The van der Waals surface area contributed by atoms with Gasteiger partial charge in [-0.25, -0.2) is 0 Å². The van der Waals surface area contributed by atoms with Crippen molar-refractivity contribution in [2.45, 2.75) is 45.2 Å². The third-order valence-corrected chi connectivity index (χ3v) is 2.83. The van der Waals surface area contributed by atoms with Crippen molar-refractivity contribution < 1.29 is 9.59 Å². The van der Waals surface area contributed by atoms with Crippen LogP contribution in [0, 0.1) is 0 Å². The van der Waals surface area contributed by atoms with E-state index >= 15 is 0 Å². The van der Waals surface area contributed by atoms with Gasteiger partial charge >= 0.3 is 0 Å². The molecule has 6 heteroatoms. The second kappa shape index (κ2) is 7.50. The van der Waals surface area contributed by atoms with E-state index < -0.39 is 6.04 Å². The molecule has 17 heavy (non-hydrogen) atoms. The zero-order valence-electron chi connectivity index (χ0n) is 10.4. The molecular formula is C11H22ClN3O2. The van der Waals surface area contributed by atoms with Gasteiger partial charge in [0, 0.05) is 25.6 Å². The molecule has 1 unspecified atom stereocenters. The molecule has 5 nitrogen and oxygen atoms in total. The lowest BCUT2D eigenvalue weighted by Gasteiger charge is -2.22. The molecule has 0 aromatic heterocycles. The molecule has 1 aliphatic heterocycles. The van der Waals surface area contributed by atoms with Gasteiger partial charge in [0.05, 0.1) is 6.04 Å². The number of nitrogens with one attached hydrogen (secondary N) is 1. The Morgan fingerprint density at radius 3 is 2.71 bits per heavy atom. The third-order valence-electron chi connectivity index (χ3n) is 2.83. The summed E-state index contributed by atoms with van der Waals surface area (Å²) in [5, 5.41) is 2.82. The first-order chi connectivity index (χ1) is 7.54. The van der Waals surface area contributed by atoms with Crippen molar-refractivity contribution in [1.82, 2.24) is 10.2 Å². The molecule has 1 fully saturated rings. The van der Waals surface area contributed by atoms with Gasteiger partial charge < -0.3 is 16.0 Å². The van der Waals surface area contributed by atoms with E-state index in [2.05, 4.69) is 5.32 Å². The highest BCUT2D eigenvalue weighted by atomic mass is 35.5. The molecule has 2 amide bonds. The summed E-state index contributed by atoms with van der Waals surface area (Å²) in [7, 11) is 0. The number of hydrogen-bond donors (Lipinski definition) is 2. The Balaban J connectivity index is 0.00000256.